The van der Waals surface area contributed by atoms with E-state index in [1.165, 1.54) is 41.0 Å². The fourth-order valence-electron chi connectivity index (χ4n) is 4.19. The van der Waals surface area contributed by atoms with Gasteiger partial charge in [0, 0.05) is 5.69 Å². The lowest BCUT2D eigenvalue weighted by atomic mass is 9.95. The minimum absolute atomic E-state index is 0.000357. The van der Waals surface area contributed by atoms with Crippen molar-refractivity contribution in [2.75, 3.05) is 5.32 Å². The molecule has 1 aliphatic rings. The maximum atomic E-state index is 13.8. The van der Waals surface area contributed by atoms with Gasteiger partial charge in [-0.2, -0.15) is 8.78 Å². The van der Waals surface area contributed by atoms with Gasteiger partial charge in [-0.3, -0.25) is 14.2 Å². The van der Waals surface area contributed by atoms with E-state index in [-0.39, 0.29) is 11.3 Å². The van der Waals surface area contributed by atoms with Gasteiger partial charge < -0.3 is 10.1 Å². The zero-order chi connectivity index (χ0) is 26.8. The molecule has 0 saturated heterocycles. The summed E-state index contributed by atoms with van der Waals surface area (Å²) in [5.41, 5.74) is 2.00. The zero-order valence-electron chi connectivity index (χ0n) is 19.9. The van der Waals surface area contributed by atoms with Gasteiger partial charge >= 0.3 is 6.61 Å². The Bertz CT molecular complexity index is 1690. The Labute approximate surface area is 218 Å². The first-order valence-corrected chi connectivity index (χ1v) is 12.3. The minimum atomic E-state index is -2.94. The van der Waals surface area contributed by atoms with Crippen LogP contribution in [0, 0.1) is 5.82 Å². The molecule has 1 atom stereocenters. The minimum Gasteiger partial charge on any atom is -0.435 e. The molecule has 3 aromatic carbocycles. The van der Waals surface area contributed by atoms with Crippen LogP contribution in [0.3, 0.4) is 0 Å². The molecule has 0 saturated carbocycles. The Morgan fingerprint density at radius 1 is 1.05 bits per heavy atom. The summed E-state index contributed by atoms with van der Waals surface area (Å²) in [6.45, 7) is -1.25. The average molecular weight is 536 g/mol. The number of nitrogens with one attached hydrogen (secondary N) is 1. The number of para-hydroxylation sites is 1. The lowest BCUT2D eigenvalue weighted by molar-refractivity contribution is -0.113. The number of ether oxygens (including phenoxy) is 1. The van der Waals surface area contributed by atoms with Crippen LogP contribution in [0.2, 0.25) is 0 Å². The first-order valence-electron chi connectivity index (χ1n) is 11.5. The normalized spacial score (nSPS) is 15.3. The Hall–Kier alpha value is -4.44. The van der Waals surface area contributed by atoms with E-state index in [4.69, 9.17) is 0 Å². The second-order valence-corrected chi connectivity index (χ2v) is 9.41. The Balaban J connectivity index is 1.61. The summed E-state index contributed by atoms with van der Waals surface area (Å²) in [5.74, 6) is -0.883. The predicted octanol–water partition coefficient (Wildman–Crippen LogP) is 4.61. The molecular weight excluding hydrogens is 515 g/mol. The summed E-state index contributed by atoms with van der Waals surface area (Å²) in [7, 11) is 0. The number of carbonyl (C=O) groups is 1. The van der Waals surface area contributed by atoms with Crippen LogP contribution in [0.4, 0.5) is 18.9 Å². The van der Waals surface area contributed by atoms with Crippen LogP contribution in [0.5, 0.6) is 5.75 Å². The third kappa shape index (κ3) is 5.16. The van der Waals surface area contributed by atoms with Gasteiger partial charge in [0.1, 0.15) is 11.6 Å². The van der Waals surface area contributed by atoms with Crippen molar-refractivity contribution in [2.24, 2.45) is 4.99 Å². The summed E-state index contributed by atoms with van der Waals surface area (Å²) < 4.78 is 44.8. The van der Waals surface area contributed by atoms with Crippen molar-refractivity contribution in [3.63, 3.8) is 0 Å². The highest BCUT2D eigenvalue weighted by Crippen LogP contribution is 2.31. The molecule has 192 valence electrons. The Morgan fingerprint density at radius 3 is 2.39 bits per heavy atom. The van der Waals surface area contributed by atoms with E-state index in [0.29, 0.717) is 31.8 Å². The number of amides is 1. The molecule has 0 aliphatic carbocycles. The van der Waals surface area contributed by atoms with Crippen molar-refractivity contribution in [1.82, 2.24) is 4.57 Å². The van der Waals surface area contributed by atoms with Crippen LogP contribution in [0.15, 0.2) is 99.9 Å². The van der Waals surface area contributed by atoms with Crippen LogP contribution in [-0.4, -0.2) is 17.1 Å². The number of hydrogen-bond acceptors (Lipinski definition) is 5. The van der Waals surface area contributed by atoms with Crippen molar-refractivity contribution in [2.45, 2.75) is 19.6 Å². The van der Waals surface area contributed by atoms with Crippen LogP contribution < -0.4 is 24.9 Å². The predicted molar refractivity (Wildman–Crippen MR) is 138 cm³/mol. The van der Waals surface area contributed by atoms with E-state index in [1.54, 1.807) is 49.4 Å². The topological polar surface area (TPSA) is 72.7 Å². The van der Waals surface area contributed by atoms with Crippen LogP contribution in [-0.2, 0) is 4.79 Å². The van der Waals surface area contributed by atoms with E-state index in [1.807, 2.05) is 6.07 Å². The third-order valence-corrected chi connectivity index (χ3v) is 6.87. The first kappa shape index (κ1) is 25.2. The quantitative estimate of drug-likeness (QED) is 0.392. The molecule has 0 fully saturated rings. The molecule has 2 heterocycles. The van der Waals surface area contributed by atoms with Gasteiger partial charge in [-0.1, -0.05) is 53.8 Å². The number of rotatable bonds is 6. The van der Waals surface area contributed by atoms with Gasteiger partial charge in [-0.05, 0) is 60.5 Å². The molecule has 0 unspecified atom stereocenters. The Morgan fingerprint density at radius 2 is 1.74 bits per heavy atom. The summed E-state index contributed by atoms with van der Waals surface area (Å²) in [4.78, 5) is 32.0. The fraction of sp³-hybridized carbons (Fsp3) is 0.107. The summed E-state index contributed by atoms with van der Waals surface area (Å²) in [6.07, 6.45) is 1.61. The van der Waals surface area contributed by atoms with E-state index in [2.05, 4.69) is 15.0 Å². The molecule has 1 aromatic heterocycles. The SMILES string of the molecule is CC1=C(C(=O)Nc2ccccc2)[C@@H](c2ccc(F)cc2)n2c(s/c(=C/c3ccc(OC(F)F)cc3)c2=O)=N1. The number of allylic oxidation sites excluding steroid dienone is 1. The van der Waals surface area contributed by atoms with Crippen molar-refractivity contribution in [3.8, 4) is 5.75 Å². The van der Waals surface area contributed by atoms with Crippen molar-refractivity contribution in [1.29, 1.82) is 0 Å². The van der Waals surface area contributed by atoms with E-state index < -0.39 is 29.9 Å². The smallest absolute Gasteiger partial charge is 0.387 e. The standard InChI is InChI=1S/C28H20F3N3O3S/c1-16-23(25(35)33-20-5-3-2-4-6-20)24(18-9-11-19(29)12-10-18)34-26(36)22(38-28(34)32-16)15-17-7-13-21(14-8-17)37-27(30)31/h2-15,24,27H,1H3,(H,33,35)/b22-15+/t24-/m1/s1. The Kier molecular flexibility index (Phi) is 6.97. The number of alkyl halides is 2. The number of carbonyl (C=O) groups excluding carboxylic acids is 1. The number of thiazole rings is 1. The van der Waals surface area contributed by atoms with Gasteiger partial charge in [-0.25, -0.2) is 9.38 Å². The molecule has 1 amide bonds. The second-order valence-electron chi connectivity index (χ2n) is 8.40. The molecule has 10 heteroatoms. The van der Waals surface area contributed by atoms with Crippen LogP contribution >= 0.6 is 11.3 Å². The number of aromatic nitrogens is 1. The molecule has 38 heavy (non-hydrogen) atoms. The number of halogens is 3. The molecule has 4 aromatic rings. The summed E-state index contributed by atoms with van der Waals surface area (Å²) in [5, 5.41) is 2.85. The largest absolute Gasteiger partial charge is 0.435 e. The molecule has 1 aliphatic heterocycles. The monoisotopic (exact) mass is 535 g/mol. The maximum Gasteiger partial charge on any atom is 0.387 e. The van der Waals surface area contributed by atoms with Crippen molar-refractivity contribution < 1.29 is 22.7 Å². The maximum absolute atomic E-state index is 13.8. The van der Waals surface area contributed by atoms with E-state index in [0.717, 1.165) is 11.3 Å². The van der Waals surface area contributed by atoms with E-state index in [9.17, 15) is 22.8 Å². The van der Waals surface area contributed by atoms with Gasteiger partial charge in [0.2, 0.25) is 0 Å². The zero-order valence-corrected chi connectivity index (χ0v) is 20.7. The molecule has 0 bridgehead atoms. The summed E-state index contributed by atoms with van der Waals surface area (Å²) in [6, 6.07) is 19.5. The molecule has 0 radical (unpaired) electrons. The first-order chi connectivity index (χ1) is 18.3. The van der Waals surface area contributed by atoms with Gasteiger partial charge in [-0.15, -0.1) is 0 Å². The molecule has 5 rings (SSSR count). The number of anilines is 1. The average Bonchev–Trinajstić information content (AvgIpc) is 3.19. The molecule has 1 N–H and O–H groups in total. The third-order valence-electron chi connectivity index (χ3n) is 5.89. The number of nitrogens with zero attached hydrogens (tertiary/aromatic N) is 2. The van der Waals surface area contributed by atoms with Gasteiger partial charge in [0.05, 0.1) is 21.8 Å². The van der Waals surface area contributed by atoms with Gasteiger partial charge in [0.25, 0.3) is 11.5 Å². The van der Waals surface area contributed by atoms with Crippen molar-refractivity contribution >= 4 is 29.0 Å². The van der Waals surface area contributed by atoms with E-state index >= 15 is 0 Å². The molecule has 6 nitrogen and oxygen atoms in total. The van der Waals surface area contributed by atoms with Gasteiger partial charge in [0.15, 0.2) is 4.80 Å². The lowest BCUT2D eigenvalue weighted by Crippen LogP contribution is -2.40. The number of hydrogen-bond donors (Lipinski definition) is 1. The highest BCUT2D eigenvalue weighted by atomic mass is 32.1. The second kappa shape index (κ2) is 10.5. The molecule has 0 spiro atoms. The fourth-order valence-corrected chi connectivity index (χ4v) is 5.24. The highest BCUT2D eigenvalue weighted by Gasteiger charge is 2.32. The number of fused-ring (bicyclic) bond motifs is 1. The van der Waals surface area contributed by atoms with Crippen LogP contribution in [0.25, 0.3) is 6.08 Å². The highest BCUT2D eigenvalue weighted by molar-refractivity contribution is 7.07. The summed E-state index contributed by atoms with van der Waals surface area (Å²) >= 11 is 1.13. The lowest BCUT2D eigenvalue weighted by Gasteiger charge is -2.25. The number of benzene rings is 3. The van der Waals surface area contributed by atoms with Crippen molar-refractivity contribution in [3.05, 3.63) is 127 Å². The molecular formula is C28H20F3N3O3S. The van der Waals surface area contributed by atoms with Crippen LogP contribution in [0.1, 0.15) is 24.1 Å².